The number of carbonyl (C=O) groups is 1. The van der Waals surface area contributed by atoms with Gasteiger partial charge in [-0.3, -0.25) is 4.79 Å². The van der Waals surface area contributed by atoms with Crippen molar-refractivity contribution in [3.63, 3.8) is 0 Å². The number of hydrogen-bond donors (Lipinski definition) is 1. The Balaban J connectivity index is 2.17. The second-order valence-electron chi connectivity index (χ2n) is 4.21. The van der Waals surface area contributed by atoms with Crippen LogP contribution in [0, 0.1) is 11.3 Å². The largest absolute Gasteiger partial charge is 0.449 e. The number of nitrogens with two attached hydrogens (primary N) is 1. The normalized spacial score (nSPS) is 11.8. The van der Waals surface area contributed by atoms with E-state index < -0.39 is 12.0 Å². The molecule has 2 N–H and O–H groups in total. The number of hydrogen-bond acceptors (Lipinski definition) is 4. The maximum atomic E-state index is 11.5. The summed E-state index contributed by atoms with van der Waals surface area (Å²) in [7, 11) is 0. The summed E-state index contributed by atoms with van der Waals surface area (Å²) >= 11 is 0. The van der Waals surface area contributed by atoms with Crippen LogP contribution >= 0.6 is 0 Å². The Hall–Kier alpha value is -2.38. The number of nitriles is 1. The third-order valence-corrected chi connectivity index (χ3v) is 2.90. The molecule has 0 bridgehead atoms. The molecular formula is C15H14N2O2. The van der Waals surface area contributed by atoms with Gasteiger partial charge in [-0.25, -0.2) is 0 Å². The molecule has 0 saturated carbocycles. The highest BCUT2D eigenvalue weighted by molar-refractivity contribution is 5.86. The molecule has 2 aromatic carbocycles. The van der Waals surface area contributed by atoms with Crippen molar-refractivity contribution in [1.82, 2.24) is 0 Å². The minimum Gasteiger partial charge on any atom is -0.449 e. The van der Waals surface area contributed by atoms with Crippen LogP contribution in [0.15, 0.2) is 42.5 Å². The van der Waals surface area contributed by atoms with Crippen LogP contribution in [0.25, 0.3) is 10.8 Å². The van der Waals surface area contributed by atoms with Crippen LogP contribution in [0.2, 0.25) is 0 Å². The van der Waals surface area contributed by atoms with E-state index in [1.165, 1.54) is 0 Å². The van der Waals surface area contributed by atoms with E-state index in [-0.39, 0.29) is 6.61 Å². The van der Waals surface area contributed by atoms with Gasteiger partial charge in [0.2, 0.25) is 0 Å². The molecule has 2 rings (SSSR count). The van der Waals surface area contributed by atoms with E-state index in [0.717, 1.165) is 16.3 Å². The van der Waals surface area contributed by atoms with Crippen LogP contribution in [-0.2, 0) is 16.0 Å². The van der Waals surface area contributed by atoms with E-state index in [1.807, 2.05) is 42.5 Å². The van der Waals surface area contributed by atoms with E-state index in [2.05, 4.69) is 0 Å². The molecule has 0 aliphatic carbocycles. The molecule has 2 aromatic rings. The molecule has 96 valence electrons. The summed E-state index contributed by atoms with van der Waals surface area (Å²) in [6.45, 7) is -0.262. The van der Waals surface area contributed by atoms with Crippen molar-refractivity contribution in [2.24, 2.45) is 5.73 Å². The van der Waals surface area contributed by atoms with Gasteiger partial charge in [0.05, 0.1) is 0 Å². The van der Waals surface area contributed by atoms with Crippen molar-refractivity contribution in [3.8, 4) is 6.07 Å². The Kier molecular flexibility index (Phi) is 4.11. The van der Waals surface area contributed by atoms with Crippen molar-refractivity contribution in [2.75, 3.05) is 6.61 Å². The predicted octanol–water partition coefficient (Wildman–Crippen LogP) is 1.78. The molecule has 0 unspecified atom stereocenters. The molecule has 1 atom stereocenters. The second kappa shape index (κ2) is 5.98. The Morgan fingerprint density at radius 2 is 2.00 bits per heavy atom. The summed E-state index contributed by atoms with van der Waals surface area (Å²) in [5, 5.41) is 10.5. The number of nitrogens with zero attached hydrogens (tertiary/aromatic N) is 1. The first-order valence-electron chi connectivity index (χ1n) is 5.98. The minimum atomic E-state index is -0.751. The number of benzene rings is 2. The molecule has 0 fully saturated rings. The van der Waals surface area contributed by atoms with Crippen LogP contribution in [0.4, 0.5) is 0 Å². The predicted molar refractivity (Wildman–Crippen MR) is 72.2 cm³/mol. The van der Waals surface area contributed by atoms with E-state index in [9.17, 15) is 4.79 Å². The van der Waals surface area contributed by atoms with Gasteiger partial charge in [-0.1, -0.05) is 42.5 Å². The first-order chi connectivity index (χ1) is 9.22. The standard InChI is InChI=1S/C15H14N2O2/c16-8-9-19-15(18)14(17)10-12-6-3-5-11-4-1-2-7-13(11)12/h1-7,14H,9-10,17H2/t14-/m0/s1. The number of rotatable bonds is 4. The molecular weight excluding hydrogens is 240 g/mol. The van der Waals surface area contributed by atoms with Crippen LogP contribution in [0.5, 0.6) is 0 Å². The lowest BCUT2D eigenvalue weighted by molar-refractivity contribution is -0.143. The minimum absolute atomic E-state index is 0.262. The van der Waals surface area contributed by atoms with Gasteiger partial charge < -0.3 is 10.5 Å². The third kappa shape index (κ3) is 3.09. The highest BCUT2D eigenvalue weighted by Crippen LogP contribution is 2.19. The fraction of sp³-hybridized carbons (Fsp3) is 0.200. The quantitative estimate of drug-likeness (QED) is 0.844. The zero-order valence-electron chi connectivity index (χ0n) is 10.4. The van der Waals surface area contributed by atoms with Crippen LogP contribution in [0.3, 0.4) is 0 Å². The number of carbonyl (C=O) groups excluding carboxylic acids is 1. The number of ether oxygens (including phenoxy) is 1. The average Bonchev–Trinajstić information content (AvgIpc) is 2.45. The summed E-state index contributed by atoms with van der Waals surface area (Å²) in [6, 6.07) is 14.8. The van der Waals surface area contributed by atoms with Gasteiger partial charge in [0.15, 0.2) is 6.61 Å². The summed E-state index contributed by atoms with van der Waals surface area (Å²) in [5.41, 5.74) is 6.80. The van der Waals surface area contributed by atoms with Gasteiger partial charge in [0.1, 0.15) is 12.1 Å². The van der Waals surface area contributed by atoms with Gasteiger partial charge in [0.25, 0.3) is 0 Å². The molecule has 4 nitrogen and oxygen atoms in total. The molecule has 0 saturated heterocycles. The fourth-order valence-corrected chi connectivity index (χ4v) is 2.00. The zero-order valence-corrected chi connectivity index (χ0v) is 10.4. The Morgan fingerprint density at radius 1 is 1.26 bits per heavy atom. The van der Waals surface area contributed by atoms with Crippen molar-refractivity contribution in [1.29, 1.82) is 5.26 Å². The summed E-state index contributed by atoms with van der Waals surface area (Å²) in [4.78, 5) is 11.5. The number of esters is 1. The van der Waals surface area contributed by atoms with E-state index in [4.69, 9.17) is 15.7 Å². The molecule has 19 heavy (non-hydrogen) atoms. The fourth-order valence-electron chi connectivity index (χ4n) is 2.00. The van der Waals surface area contributed by atoms with Crippen molar-refractivity contribution < 1.29 is 9.53 Å². The van der Waals surface area contributed by atoms with Crippen molar-refractivity contribution in [2.45, 2.75) is 12.5 Å². The van der Waals surface area contributed by atoms with E-state index in [0.29, 0.717) is 6.42 Å². The highest BCUT2D eigenvalue weighted by atomic mass is 16.5. The molecule has 0 radical (unpaired) electrons. The molecule has 0 heterocycles. The van der Waals surface area contributed by atoms with Crippen LogP contribution in [0.1, 0.15) is 5.56 Å². The summed E-state index contributed by atoms with van der Waals surface area (Å²) in [6.07, 6.45) is 0.394. The Morgan fingerprint density at radius 3 is 2.79 bits per heavy atom. The van der Waals surface area contributed by atoms with Crippen LogP contribution < -0.4 is 5.73 Å². The molecule has 0 aliphatic heterocycles. The van der Waals surface area contributed by atoms with Crippen molar-refractivity contribution in [3.05, 3.63) is 48.0 Å². The van der Waals surface area contributed by atoms with Gasteiger partial charge in [-0.05, 0) is 22.8 Å². The summed E-state index contributed by atoms with van der Waals surface area (Å²) < 4.78 is 4.71. The lowest BCUT2D eigenvalue weighted by Crippen LogP contribution is -2.34. The van der Waals surface area contributed by atoms with Gasteiger partial charge in [-0.15, -0.1) is 0 Å². The smallest absolute Gasteiger partial charge is 0.324 e. The lowest BCUT2D eigenvalue weighted by atomic mass is 9.99. The molecule has 0 aromatic heterocycles. The second-order valence-corrected chi connectivity index (χ2v) is 4.21. The first-order valence-corrected chi connectivity index (χ1v) is 5.98. The van der Waals surface area contributed by atoms with Gasteiger partial charge in [0, 0.05) is 0 Å². The lowest BCUT2D eigenvalue weighted by Gasteiger charge is -2.11. The van der Waals surface area contributed by atoms with Gasteiger partial charge in [-0.2, -0.15) is 5.26 Å². The maximum Gasteiger partial charge on any atom is 0.324 e. The Labute approximate surface area is 111 Å². The molecule has 0 aliphatic rings. The summed E-state index contributed by atoms with van der Waals surface area (Å²) in [5.74, 6) is -0.547. The maximum absolute atomic E-state index is 11.5. The monoisotopic (exact) mass is 254 g/mol. The number of fused-ring (bicyclic) bond motifs is 1. The average molecular weight is 254 g/mol. The SMILES string of the molecule is N#CCOC(=O)[C@@H](N)Cc1cccc2ccccc12. The van der Waals surface area contributed by atoms with E-state index >= 15 is 0 Å². The Bertz CT molecular complexity index is 626. The van der Waals surface area contributed by atoms with Gasteiger partial charge >= 0.3 is 5.97 Å². The third-order valence-electron chi connectivity index (χ3n) is 2.90. The molecule has 0 amide bonds. The first kappa shape index (κ1) is 13.1. The highest BCUT2D eigenvalue weighted by Gasteiger charge is 2.16. The zero-order chi connectivity index (χ0) is 13.7. The van der Waals surface area contributed by atoms with E-state index in [1.54, 1.807) is 6.07 Å². The van der Waals surface area contributed by atoms with Crippen molar-refractivity contribution >= 4 is 16.7 Å². The van der Waals surface area contributed by atoms with Crippen LogP contribution in [-0.4, -0.2) is 18.6 Å². The topological polar surface area (TPSA) is 76.1 Å². The molecule has 0 spiro atoms. The molecule has 4 heteroatoms.